The minimum atomic E-state index is -0.737. The van der Waals surface area contributed by atoms with Crippen LogP contribution in [-0.4, -0.2) is 25.2 Å². The fourth-order valence-corrected chi connectivity index (χ4v) is 2.05. The van der Waals surface area contributed by atoms with Gasteiger partial charge < -0.3 is 14.8 Å². The van der Waals surface area contributed by atoms with Gasteiger partial charge >= 0.3 is 5.97 Å². The van der Waals surface area contributed by atoms with E-state index in [4.69, 9.17) is 9.47 Å². The number of benzene rings is 1. The Kier molecular flexibility index (Phi) is 5.67. The number of esters is 1. The summed E-state index contributed by atoms with van der Waals surface area (Å²) in [5.74, 6) is 0.483. The van der Waals surface area contributed by atoms with Crippen LogP contribution in [0.1, 0.15) is 33.6 Å². The number of nitrogens with one attached hydrogen (secondary N) is 1. The van der Waals surface area contributed by atoms with Crippen molar-refractivity contribution < 1.29 is 14.3 Å². The monoisotopic (exact) mass is 265 g/mol. The quantitative estimate of drug-likeness (QED) is 0.769. The SMILES string of the molecule is CCCC(C)(Nc1ccccc1OC)C(=O)OCC. The van der Waals surface area contributed by atoms with Crippen molar-refractivity contribution in [3.8, 4) is 5.75 Å². The molecule has 0 saturated heterocycles. The van der Waals surface area contributed by atoms with E-state index in [-0.39, 0.29) is 5.97 Å². The van der Waals surface area contributed by atoms with Crippen molar-refractivity contribution in [2.45, 2.75) is 39.2 Å². The number of carbonyl (C=O) groups excluding carboxylic acids is 1. The van der Waals surface area contributed by atoms with E-state index in [2.05, 4.69) is 5.32 Å². The summed E-state index contributed by atoms with van der Waals surface area (Å²) in [7, 11) is 1.61. The summed E-state index contributed by atoms with van der Waals surface area (Å²) in [6.07, 6.45) is 1.58. The van der Waals surface area contributed by atoms with Gasteiger partial charge in [0.25, 0.3) is 0 Å². The van der Waals surface area contributed by atoms with E-state index in [0.29, 0.717) is 18.8 Å². The largest absolute Gasteiger partial charge is 0.495 e. The number of anilines is 1. The molecule has 1 N–H and O–H groups in total. The Morgan fingerprint density at radius 3 is 2.58 bits per heavy atom. The lowest BCUT2D eigenvalue weighted by molar-refractivity contribution is -0.148. The lowest BCUT2D eigenvalue weighted by Crippen LogP contribution is -2.44. The lowest BCUT2D eigenvalue weighted by Gasteiger charge is -2.29. The highest BCUT2D eigenvalue weighted by Crippen LogP contribution is 2.29. The molecule has 0 aliphatic carbocycles. The van der Waals surface area contributed by atoms with Gasteiger partial charge in [-0.05, 0) is 32.4 Å². The molecule has 0 aromatic heterocycles. The maximum atomic E-state index is 12.1. The van der Waals surface area contributed by atoms with Gasteiger partial charge in [-0.1, -0.05) is 25.5 Å². The zero-order chi connectivity index (χ0) is 14.3. The van der Waals surface area contributed by atoms with E-state index in [9.17, 15) is 4.79 Å². The molecule has 0 heterocycles. The fraction of sp³-hybridized carbons (Fsp3) is 0.533. The number of hydrogen-bond acceptors (Lipinski definition) is 4. The summed E-state index contributed by atoms with van der Waals surface area (Å²) < 4.78 is 10.5. The highest BCUT2D eigenvalue weighted by molar-refractivity contribution is 5.84. The smallest absolute Gasteiger partial charge is 0.331 e. The van der Waals surface area contributed by atoms with Crippen molar-refractivity contribution in [3.05, 3.63) is 24.3 Å². The van der Waals surface area contributed by atoms with E-state index < -0.39 is 5.54 Å². The van der Waals surface area contributed by atoms with Gasteiger partial charge in [0.05, 0.1) is 19.4 Å². The number of rotatable bonds is 7. The van der Waals surface area contributed by atoms with Crippen LogP contribution >= 0.6 is 0 Å². The molecule has 0 radical (unpaired) electrons. The zero-order valence-corrected chi connectivity index (χ0v) is 12.2. The Labute approximate surface area is 115 Å². The molecule has 0 spiro atoms. The molecule has 4 heteroatoms. The van der Waals surface area contributed by atoms with Crippen molar-refractivity contribution in [1.29, 1.82) is 0 Å². The number of hydrogen-bond donors (Lipinski definition) is 1. The Morgan fingerprint density at radius 2 is 2.00 bits per heavy atom. The normalized spacial score (nSPS) is 13.5. The van der Waals surface area contributed by atoms with E-state index in [0.717, 1.165) is 12.1 Å². The summed E-state index contributed by atoms with van der Waals surface area (Å²) in [4.78, 5) is 12.1. The van der Waals surface area contributed by atoms with Gasteiger partial charge in [0.1, 0.15) is 11.3 Å². The average molecular weight is 265 g/mol. The molecule has 1 atom stereocenters. The number of carbonyl (C=O) groups is 1. The Morgan fingerprint density at radius 1 is 1.32 bits per heavy atom. The van der Waals surface area contributed by atoms with Gasteiger partial charge in [-0.25, -0.2) is 4.79 Å². The Bertz CT molecular complexity index is 420. The average Bonchev–Trinajstić information content (AvgIpc) is 2.40. The number of para-hydroxylation sites is 2. The molecule has 1 unspecified atom stereocenters. The van der Waals surface area contributed by atoms with Crippen LogP contribution in [0.3, 0.4) is 0 Å². The van der Waals surface area contributed by atoms with Gasteiger partial charge in [0.15, 0.2) is 0 Å². The fourth-order valence-electron chi connectivity index (χ4n) is 2.05. The summed E-state index contributed by atoms with van der Waals surface area (Å²) in [5.41, 5.74) is 0.0633. The molecule has 1 rings (SSSR count). The molecular formula is C15H23NO3. The van der Waals surface area contributed by atoms with Crippen molar-refractivity contribution in [3.63, 3.8) is 0 Å². The second kappa shape index (κ2) is 7.02. The van der Waals surface area contributed by atoms with E-state index >= 15 is 0 Å². The predicted octanol–water partition coefficient (Wildman–Crippen LogP) is 3.23. The van der Waals surface area contributed by atoms with Crippen molar-refractivity contribution >= 4 is 11.7 Å². The number of ether oxygens (including phenoxy) is 2. The first kappa shape index (κ1) is 15.3. The van der Waals surface area contributed by atoms with E-state index in [1.807, 2.05) is 45.0 Å². The highest BCUT2D eigenvalue weighted by atomic mass is 16.5. The first-order valence-electron chi connectivity index (χ1n) is 6.65. The minimum absolute atomic E-state index is 0.234. The molecule has 4 nitrogen and oxygen atoms in total. The second-order valence-electron chi connectivity index (χ2n) is 4.63. The molecule has 19 heavy (non-hydrogen) atoms. The molecule has 1 aromatic rings. The van der Waals surface area contributed by atoms with Crippen LogP contribution in [0.15, 0.2) is 24.3 Å². The van der Waals surface area contributed by atoms with Crippen LogP contribution < -0.4 is 10.1 Å². The summed E-state index contributed by atoms with van der Waals surface area (Å²) >= 11 is 0. The van der Waals surface area contributed by atoms with Crippen LogP contribution in [0.25, 0.3) is 0 Å². The maximum Gasteiger partial charge on any atom is 0.331 e. The lowest BCUT2D eigenvalue weighted by atomic mass is 9.95. The standard InChI is InChI=1S/C15H23NO3/c1-5-11-15(3,14(17)19-6-2)16-12-9-7-8-10-13(12)18-4/h7-10,16H,5-6,11H2,1-4H3. The van der Waals surface area contributed by atoms with Gasteiger partial charge in [0.2, 0.25) is 0 Å². The molecule has 106 valence electrons. The zero-order valence-electron chi connectivity index (χ0n) is 12.2. The Balaban J connectivity index is 2.97. The van der Waals surface area contributed by atoms with Gasteiger partial charge in [-0.15, -0.1) is 0 Å². The third kappa shape index (κ3) is 3.88. The van der Waals surface area contributed by atoms with Crippen LogP contribution in [0.2, 0.25) is 0 Å². The van der Waals surface area contributed by atoms with Crippen molar-refractivity contribution in [2.24, 2.45) is 0 Å². The van der Waals surface area contributed by atoms with Crippen LogP contribution in [-0.2, 0) is 9.53 Å². The Hall–Kier alpha value is -1.71. The maximum absolute atomic E-state index is 12.1. The molecule has 0 fully saturated rings. The topological polar surface area (TPSA) is 47.6 Å². The first-order chi connectivity index (χ1) is 9.07. The van der Waals surface area contributed by atoms with Crippen molar-refractivity contribution in [2.75, 3.05) is 19.0 Å². The minimum Gasteiger partial charge on any atom is -0.495 e. The van der Waals surface area contributed by atoms with Crippen LogP contribution in [0.5, 0.6) is 5.75 Å². The number of methoxy groups -OCH3 is 1. The third-order valence-electron chi connectivity index (χ3n) is 2.99. The van der Waals surface area contributed by atoms with Gasteiger partial charge in [0, 0.05) is 0 Å². The van der Waals surface area contributed by atoms with Gasteiger partial charge in [-0.2, -0.15) is 0 Å². The summed E-state index contributed by atoms with van der Waals surface area (Å²) in [6.45, 7) is 6.10. The highest BCUT2D eigenvalue weighted by Gasteiger charge is 2.34. The molecular weight excluding hydrogens is 242 g/mol. The van der Waals surface area contributed by atoms with E-state index in [1.165, 1.54) is 0 Å². The molecule has 0 saturated carbocycles. The summed E-state index contributed by atoms with van der Waals surface area (Å²) in [6, 6.07) is 7.56. The van der Waals surface area contributed by atoms with Crippen LogP contribution in [0.4, 0.5) is 5.69 Å². The van der Waals surface area contributed by atoms with Crippen LogP contribution in [0, 0.1) is 0 Å². The third-order valence-corrected chi connectivity index (χ3v) is 2.99. The summed E-state index contributed by atoms with van der Waals surface area (Å²) in [5, 5.41) is 3.26. The predicted molar refractivity (Wildman–Crippen MR) is 76.6 cm³/mol. The molecule has 0 amide bonds. The molecule has 0 bridgehead atoms. The molecule has 0 aliphatic rings. The van der Waals surface area contributed by atoms with Crippen molar-refractivity contribution in [1.82, 2.24) is 0 Å². The van der Waals surface area contributed by atoms with Gasteiger partial charge in [-0.3, -0.25) is 0 Å². The second-order valence-corrected chi connectivity index (χ2v) is 4.63. The molecule has 0 aliphatic heterocycles. The first-order valence-corrected chi connectivity index (χ1v) is 6.65. The molecule has 1 aromatic carbocycles. The van der Waals surface area contributed by atoms with E-state index in [1.54, 1.807) is 7.11 Å².